The summed E-state index contributed by atoms with van der Waals surface area (Å²) in [6, 6.07) is 0. The van der Waals surface area contributed by atoms with Crippen molar-refractivity contribution in [3.63, 3.8) is 0 Å². The van der Waals surface area contributed by atoms with Gasteiger partial charge < -0.3 is 10.4 Å². The second-order valence-corrected chi connectivity index (χ2v) is 6.07. The van der Waals surface area contributed by atoms with Crippen molar-refractivity contribution in [1.29, 1.82) is 0 Å². The van der Waals surface area contributed by atoms with E-state index in [0.29, 0.717) is 12.8 Å². The third-order valence-corrected chi connectivity index (χ3v) is 4.38. The summed E-state index contributed by atoms with van der Waals surface area (Å²) in [6.45, 7) is 3.64. The monoisotopic (exact) mass is 247 g/mol. The Balaban J connectivity index is 1.88. The summed E-state index contributed by atoms with van der Waals surface area (Å²) in [6.07, 6.45) is 3.11. The number of aliphatic hydroxyl groups is 1. The number of alkyl halides is 2. The normalized spacial score (nSPS) is 36.7. The Kier molecular flexibility index (Phi) is 3.74. The van der Waals surface area contributed by atoms with Crippen molar-refractivity contribution in [2.24, 2.45) is 11.8 Å². The van der Waals surface area contributed by atoms with E-state index in [0.717, 1.165) is 25.9 Å². The zero-order valence-electron chi connectivity index (χ0n) is 10.5. The molecule has 17 heavy (non-hydrogen) atoms. The van der Waals surface area contributed by atoms with Crippen LogP contribution < -0.4 is 5.32 Å². The van der Waals surface area contributed by atoms with Gasteiger partial charge in [-0.05, 0) is 51.0 Å². The van der Waals surface area contributed by atoms with Gasteiger partial charge in [-0.15, -0.1) is 0 Å². The fourth-order valence-electron chi connectivity index (χ4n) is 3.35. The average molecular weight is 247 g/mol. The van der Waals surface area contributed by atoms with Crippen molar-refractivity contribution in [3.05, 3.63) is 0 Å². The lowest BCUT2D eigenvalue weighted by molar-refractivity contribution is -0.0381. The lowest BCUT2D eigenvalue weighted by Crippen LogP contribution is -2.45. The quantitative estimate of drug-likeness (QED) is 0.803. The van der Waals surface area contributed by atoms with E-state index in [1.807, 2.05) is 6.92 Å². The molecule has 2 N–H and O–H groups in total. The molecule has 0 spiro atoms. The van der Waals surface area contributed by atoms with E-state index in [1.54, 1.807) is 0 Å². The van der Waals surface area contributed by atoms with Crippen molar-refractivity contribution in [2.45, 2.75) is 57.0 Å². The molecule has 0 aromatic carbocycles. The molecule has 1 saturated carbocycles. The molecule has 1 aliphatic heterocycles. The molecule has 1 heterocycles. The van der Waals surface area contributed by atoms with E-state index in [-0.39, 0.29) is 24.7 Å². The third kappa shape index (κ3) is 3.38. The van der Waals surface area contributed by atoms with Crippen LogP contribution in [0.4, 0.5) is 8.78 Å². The first kappa shape index (κ1) is 13.2. The van der Waals surface area contributed by atoms with Crippen LogP contribution in [-0.4, -0.2) is 29.7 Å². The third-order valence-electron chi connectivity index (χ3n) is 4.38. The SMILES string of the molecule is CC(O)(CC1CCC(F)(F)C1)C1CCCNC1. The molecule has 0 aromatic heterocycles. The van der Waals surface area contributed by atoms with Crippen molar-refractivity contribution in [1.82, 2.24) is 5.32 Å². The number of halogens is 2. The van der Waals surface area contributed by atoms with Gasteiger partial charge in [-0.25, -0.2) is 8.78 Å². The Morgan fingerprint density at radius 3 is 2.71 bits per heavy atom. The van der Waals surface area contributed by atoms with Crippen molar-refractivity contribution >= 4 is 0 Å². The van der Waals surface area contributed by atoms with Gasteiger partial charge >= 0.3 is 0 Å². The largest absolute Gasteiger partial charge is 0.390 e. The van der Waals surface area contributed by atoms with Crippen molar-refractivity contribution < 1.29 is 13.9 Å². The zero-order valence-corrected chi connectivity index (χ0v) is 10.5. The molecule has 2 fully saturated rings. The Labute approximate surface area is 102 Å². The number of piperidine rings is 1. The molecule has 4 heteroatoms. The minimum absolute atomic E-state index is 0.00331. The second-order valence-electron chi connectivity index (χ2n) is 6.07. The summed E-state index contributed by atoms with van der Waals surface area (Å²) in [5, 5.41) is 13.8. The molecule has 0 radical (unpaired) electrons. The van der Waals surface area contributed by atoms with Crippen LogP contribution in [-0.2, 0) is 0 Å². The maximum Gasteiger partial charge on any atom is 0.248 e. The van der Waals surface area contributed by atoms with E-state index < -0.39 is 11.5 Å². The maximum atomic E-state index is 13.1. The molecule has 1 saturated heterocycles. The number of hydrogen-bond acceptors (Lipinski definition) is 2. The molecule has 2 nitrogen and oxygen atoms in total. The summed E-state index contributed by atoms with van der Waals surface area (Å²) in [5.41, 5.74) is -0.793. The second kappa shape index (κ2) is 4.81. The Morgan fingerprint density at radius 2 is 2.18 bits per heavy atom. The molecule has 1 aliphatic carbocycles. The topological polar surface area (TPSA) is 32.3 Å². The molecule has 0 bridgehead atoms. The number of hydrogen-bond donors (Lipinski definition) is 2. The van der Waals surface area contributed by atoms with E-state index in [2.05, 4.69) is 5.32 Å². The smallest absolute Gasteiger partial charge is 0.248 e. The highest BCUT2D eigenvalue weighted by molar-refractivity contribution is 4.91. The molecule has 0 aromatic rings. The van der Waals surface area contributed by atoms with Gasteiger partial charge in [0.2, 0.25) is 5.92 Å². The summed E-state index contributed by atoms with van der Waals surface area (Å²) in [7, 11) is 0. The molecule has 2 aliphatic rings. The van der Waals surface area contributed by atoms with Crippen LogP contribution in [0.3, 0.4) is 0 Å². The lowest BCUT2D eigenvalue weighted by atomic mass is 9.77. The summed E-state index contributed by atoms with van der Waals surface area (Å²) in [4.78, 5) is 0. The molecule has 100 valence electrons. The lowest BCUT2D eigenvalue weighted by Gasteiger charge is -2.37. The summed E-state index contributed by atoms with van der Waals surface area (Å²) >= 11 is 0. The maximum absolute atomic E-state index is 13.1. The number of rotatable bonds is 3. The van der Waals surface area contributed by atoms with Crippen LogP contribution >= 0.6 is 0 Å². The van der Waals surface area contributed by atoms with Gasteiger partial charge in [0.25, 0.3) is 0 Å². The Bertz CT molecular complexity index is 262. The van der Waals surface area contributed by atoms with Gasteiger partial charge in [0.1, 0.15) is 0 Å². The fraction of sp³-hybridized carbons (Fsp3) is 1.00. The van der Waals surface area contributed by atoms with Gasteiger partial charge in [0, 0.05) is 19.4 Å². The predicted octanol–water partition coefficient (Wildman–Crippen LogP) is 2.56. The Hall–Kier alpha value is -0.220. The molecule has 3 unspecified atom stereocenters. The molecule has 0 amide bonds. The highest BCUT2D eigenvalue weighted by Crippen LogP contribution is 2.43. The van der Waals surface area contributed by atoms with E-state index in [4.69, 9.17) is 0 Å². The van der Waals surface area contributed by atoms with Gasteiger partial charge in [-0.3, -0.25) is 0 Å². The standard InChI is InChI=1S/C13H23F2NO/c1-12(17,11-3-2-6-16-9-11)7-10-4-5-13(14,15)8-10/h10-11,16-17H,2-9H2,1H3. The van der Waals surface area contributed by atoms with E-state index in [9.17, 15) is 13.9 Å². The van der Waals surface area contributed by atoms with Crippen LogP contribution in [0.15, 0.2) is 0 Å². The minimum atomic E-state index is -2.49. The van der Waals surface area contributed by atoms with Gasteiger partial charge in [0.15, 0.2) is 0 Å². The van der Waals surface area contributed by atoms with Crippen LogP contribution in [0, 0.1) is 11.8 Å². The first-order valence-corrected chi connectivity index (χ1v) is 6.70. The fourth-order valence-corrected chi connectivity index (χ4v) is 3.35. The highest BCUT2D eigenvalue weighted by Gasteiger charge is 2.43. The van der Waals surface area contributed by atoms with Gasteiger partial charge in [-0.2, -0.15) is 0 Å². The highest BCUT2D eigenvalue weighted by atomic mass is 19.3. The predicted molar refractivity (Wildman–Crippen MR) is 63.1 cm³/mol. The van der Waals surface area contributed by atoms with Gasteiger partial charge in [-0.1, -0.05) is 0 Å². The van der Waals surface area contributed by atoms with Crippen LogP contribution in [0.2, 0.25) is 0 Å². The zero-order chi connectivity index (χ0) is 12.5. The van der Waals surface area contributed by atoms with Gasteiger partial charge in [0.05, 0.1) is 5.60 Å². The molecular weight excluding hydrogens is 224 g/mol. The molecule has 2 rings (SSSR count). The van der Waals surface area contributed by atoms with Crippen molar-refractivity contribution in [2.75, 3.05) is 13.1 Å². The minimum Gasteiger partial charge on any atom is -0.390 e. The summed E-state index contributed by atoms with van der Waals surface area (Å²) in [5.74, 6) is -2.29. The summed E-state index contributed by atoms with van der Waals surface area (Å²) < 4.78 is 26.2. The first-order valence-electron chi connectivity index (χ1n) is 6.70. The van der Waals surface area contributed by atoms with Crippen molar-refractivity contribution in [3.8, 4) is 0 Å². The molecular formula is C13H23F2NO. The van der Waals surface area contributed by atoms with Crippen LogP contribution in [0.1, 0.15) is 45.4 Å². The molecule has 3 atom stereocenters. The number of nitrogens with one attached hydrogen (secondary N) is 1. The van der Waals surface area contributed by atoms with Crippen LogP contribution in [0.5, 0.6) is 0 Å². The van der Waals surface area contributed by atoms with Crippen LogP contribution in [0.25, 0.3) is 0 Å². The van der Waals surface area contributed by atoms with E-state index >= 15 is 0 Å². The Morgan fingerprint density at radius 1 is 1.41 bits per heavy atom. The average Bonchev–Trinajstić information content (AvgIpc) is 2.58. The van der Waals surface area contributed by atoms with E-state index in [1.165, 1.54) is 0 Å². The first-order chi connectivity index (χ1) is 7.89.